The molecule has 0 amide bonds. The average molecular weight is 635 g/mol. The van der Waals surface area contributed by atoms with Gasteiger partial charge in [-0.15, -0.1) is 0 Å². The molecule has 0 saturated heterocycles. The van der Waals surface area contributed by atoms with Gasteiger partial charge in [-0.25, -0.2) is 0 Å². The van der Waals surface area contributed by atoms with Crippen LogP contribution in [0.3, 0.4) is 0 Å². The highest BCUT2D eigenvalue weighted by atomic mass is 31.2. The van der Waals surface area contributed by atoms with Crippen LogP contribution in [0.25, 0.3) is 0 Å². The Labute approximate surface area is 262 Å². The van der Waals surface area contributed by atoms with Gasteiger partial charge in [0.25, 0.3) is 0 Å². The third kappa shape index (κ3) is 23.9. The van der Waals surface area contributed by atoms with Gasteiger partial charge in [-0.05, 0) is 57.8 Å². The normalized spacial score (nSPS) is 15.4. The predicted molar refractivity (Wildman–Crippen MR) is 174 cm³/mol. The Bertz CT molecular complexity index is 787. The zero-order chi connectivity index (χ0) is 32.4. The van der Waals surface area contributed by atoms with E-state index in [4.69, 9.17) is 19.5 Å². The minimum atomic E-state index is -4.13. The van der Waals surface area contributed by atoms with Gasteiger partial charge in [0.1, 0.15) is 12.7 Å². The smallest absolute Gasteiger partial charge is 0.385 e. The van der Waals surface area contributed by atoms with E-state index in [0.29, 0.717) is 6.42 Å². The van der Waals surface area contributed by atoms with Crippen LogP contribution in [0.4, 0.5) is 0 Å². The molecule has 0 radical (unpaired) electrons. The highest BCUT2D eigenvalue weighted by Gasteiger charge is 2.43. The molecule has 0 spiro atoms. The van der Waals surface area contributed by atoms with Crippen molar-refractivity contribution in [3.05, 3.63) is 24.3 Å². The van der Waals surface area contributed by atoms with Gasteiger partial charge < -0.3 is 34.0 Å². The Morgan fingerprint density at radius 2 is 1.26 bits per heavy atom. The number of ether oxygens (including phenoxy) is 1. The number of aliphatic hydroxyl groups is 3. The van der Waals surface area contributed by atoms with Crippen LogP contribution < -0.4 is 0 Å². The van der Waals surface area contributed by atoms with Gasteiger partial charge in [0.15, 0.2) is 12.1 Å². The minimum Gasteiger partial charge on any atom is -0.463 e. The first-order valence-electron chi connectivity index (χ1n) is 16.8. The van der Waals surface area contributed by atoms with Crippen molar-refractivity contribution in [3.63, 3.8) is 0 Å². The number of unbranched alkanes of at least 4 members (excludes halogenated alkanes) is 12. The lowest BCUT2D eigenvalue weighted by Gasteiger charge is -2.39. The van der Waals surface area contributed by atoms with Crippen LogP contribution in [-0.4, -0.2) is 82.7 Å². The standard InChI is InChI=1S/C33H64NO8P/c1-5-7-8-9-10-11-12-13-14-15-16-17-18-19-20-21-22-23-24-25-33(38)41-28-30(35)29-42-43(39,40)31(6-2)34(3,4)27-26-32(36)37/h10-11,16-17,30-32,35-37H,5-9,12-15,18-29H2,1-4H3/p+1/b11-10-,17-16-/t30-,31?/m1/s1. The fraction of sp³-hybridized carbons (Fsp3) is 0.848. The maximum atomic E-state index is 12.8. The molecule has 0 rings (SSSR count). The molecule has 3 atom stereocenters. The number of quaternary nitrogens is 1. The summed E-state index contributed by atoms with van der Waals surface area (Å²) in [7, 11) is -0.694. The second-order valence-corrected chi connectivity index (χ2v) is 14.2. The molecule has 0 aromatic rings. The minimum absolute atomic E-state index is 0.0533. The van der Waals surface area contributed by atoms with E-state index >= 15 is 0 Å². The number of aliphatic hydroxyl groups excluding tert-OH is 2. The van der Waals surface area contributed by atoms with Crippen LogP contribution in [0.15, 0.2) is 24.3 Å². The van der Waals surface area contributed by atoms with E-state index in [1.807, 2.05) is 0 Å². The number of carbonyl (C=O) groups is 1. The quantitative estimate of drug-likeness (QED) is 0.0173. The number of hydrogen-bond acceptors (Lipinski definition) is 7. The molecule has 0 aliphatic rings. The summed E-state index contributed by atoms with van der Waals surface area (Å²) in [5.74, 6) is -1.20. The average Bonchev–Trinajstić information content (AvgIpc) is 2.95. The van der Waals surface area contributed by atoms with Gasteiger partial charge in [0.2, 0.25) is 0 Å². The van der Waals surface area contributed by atoms with Crippen LogP contribution in [0.2, 0.25) is 0 Å². The van der Waals surface area contributed by atoms with Gasteiger partial charge in [0.05, 0.1) is 27.2 Å². The summed E-state index contributed by atoms with van der Waals surface area (Å²) >= 11 is 0. The highest BCUT2D eigenvalue weighted by Crippen LogP contribution is 2.52. The third-order valence-electron chi connectivity index (χ3n) is 7.70. The van der Waals surface area contributed by atoms with Crippen LogP contribution in [0.5, 0.6) is 0 Å². The summed E-state index contributed by atoms with van der Waals surface area (Å²) in [6, 6.07) is 0. The molecule has 0 heterocycles. The van der Waals surface area contributed by atoms with Gasteiger partial charge in [-0.3, -0.25) is 9.36 Å². The zero-order valence-corrected chi connectivity index (χ0v) is 28.6. The van der Waals surface area contributed by atoms with Gasteiger partial charge in [0, 0.05) is 19.3 Å². The summed E-state index contributed by atoms with van der Waals surface area (Å²) in [6.45, 7) is 3.52. The molecule has 0 aromatic heterocycles. The van der Waals surface area contributed by atoms with E-state index in [1.54, 1.807) is 21.0 Å². The monoisotopic (exact) mass is 634 g/mol. The first-order chi connectivity index (χ1) is 20.5. The number of hydrogen-bond donors (Lipinski definition) is 4. The van der Waals surface area contributed by atoms with Gasteiger partial charge in [-0.1, -0.05) is 76.7 Å². The van der Waals surface area contributed by atoms with Gasteiger partial charge in [-0.2, -0.15) is 0 Å². The summed E-state index contributed by atoms with van der Waals surface area (Å²) in [5, 5.41) is 28.4. The third-order valence-corrected chi connectivity index (χ3v) is 9.96. The molecule has 0 aliphatic carbocycles. The van der Waals surface area contributed by atoms with Crippen molar-refractivity contribution >= 4 is 13.6 Å². The van der Waals surface area contributed by atoms with Crippen LogP contribution in [0, 0.1) is 0 Å². The van der Waals surface area contributed by atoms with Crippen LogP contribution >= 0.6 is 7.60 Å². The SMILES string of the molecule is CCCCC/C=C\CCCC/C=C\CCCCCCCCC(=O)OC[C@@H](O)COP(=O)(O)C(CC)[N+](C)(C)CCC(O)O. The number of esters is 1. The molecule has 9 nitrogen and oxygen atoms in total. The molecule has 0 fully saturated rings. The van der Waals surface area contributed by atoms with E-state index in [-0.39, 0.29) is 30.5 Å². The molecule has 0 saturated carbocycles. The van der Waals surface area contributed by atoms with E-state index < -0.39 is 38.3 Å². The van der Waals surface area contributed by atoms with E-state index in [0.717, 1.165) is 32.1 Å². The number of allylic oxidation sites excluding steroid dienone is 4. The highest BCUT2D eigenvalue weighted by molar-refractivity contribution is 7.53. The lowest BCUT2D eigenvalue weighted by atomic mass is 10.1. The Morgan fingerprint density at radius 1 is 0.767 bits per heavy atom. The van der Waals surface area contributed by atoms with E-state index in [9.17, 15) is 19.4 Å². The predicted octanol–water partition coefficient (Wildman–Crippen LogP) is 6.98. The Morgan fingerprint density at radius 3 is 1.77 bits per heavy atom. The molecular formula is C33H65NO8P+. The summed E-state index contributed by atoms with van der Waals surface area (Å²) in [6.07, 6.45) is 24.7. The van der Waals surface area contributed by atoms with Crippen molar-refractivity contribution in [1.29, 1.82) is 0 Å². The maximum Gasteiger partial charge on any atom is 0.385 e. The Kier molecular flexibility index (Phi) is 25.5. The molecular weight excluding hydrogens is 569 g/mol. The lowest BCUT2D eigenvalue weighted by Crippen LogP contribution is -2.50. The van der Waals surface area contributed by atoms with Crippen LogP contribution in [-0.2, 0) is 18.6 Å². The van der Waals surface area contributed by atoms with Crippen LogP contribution in [0.1, 0.15) is 129 Å². The molecule has 0 bridgehead atoms. The van der Waals surface area contributed by atoms with Crippen molar-refractivity contribution in [2.24, 2.45) is 0 Å². The second-order valence-electron chi connectivity index (χ2n) is 12.2. The maximum absolute atomic E-state index is 12.8. The van der Waals surface area contributed by atoms with E-state index in [2.05, 4.69) is 31.2 Å². The van der Waals surface area contributed by atoms with Crippen molar-refractivity contribution in [2.75, 3.05) is 33.9 Å². The van der Waals surface area contributed by atoms with Crippen molar-refractivity contribution < 1.29 is 43.3 Å². The summed E-state index contributed by atoms with van der Waals surface area (Å²) in [5.41, 5.74) is 0. The fourth-order valence-corrected chi connectivity index (χ4v) is 6.98. The molecule has 0 aromatic carbocycles. The van der Waals surface area contributed by atoms with Crippen molar-refractivity contribution in [3.8, 4) is 0 Å². The largest absolute Gasteiger partial charge is 0.463 e. The zero-order valence-electron chi connectivity index (χ0n) is 27.7. The number of nitrogens with zero attached hydrogens (tertiary/aromatic N) is 1. The summed E-state index contributed by atoms with van der Waals surface area (Å²) < 4.78 is 23.2. The Balaban J connectivity index is 3.84. The molecule has 4 N–H and O–H groups in total. The lowest BCUT2D eigenvalue weighted by molar-refractivity contribution is -0.903. The first-order valence-corrected chi connectivity index (χ1v) is 18.4. The van der Waals surface area contributed by atoms with E-state index in [1.165, 1.54) is 64.2 Å². The Hall–Kier alpha value is -1.06. The topological polar surface area (TPSA) is 134 Å². The molecule has 2 unspecified atom stereocenters. The molecule has 10 heteroatoms. The second kappa shape index (κ2) is 26.2. The molecule has 43 heavy (non-hydrogen) atoms. The number of rotatable bonds is 29. The number of carbonyl (C=O) groups excluding carboxylic acids is 1. The molecule has 0 aliphatic heterocycles. The molecule has 254 valence electrons. The van der Waals surface area contributed by atoms with Crippen molar-refractivity contribution in [2.45, 2.75) is 148 Å². The first kappa shape index (κ1) is 41.9. The summed E-state index contributed by atoms with van der Waals surface area (Å²) in [4.78, 5) is 22.5. The van der Waals surface area contributed by atoms with Crippen molar-refractivity contribution in [1.82, 2.24) is 0 Å². The van der Waals surface area contributed by atoms with Gasteiger partial charge >= 0.3 is 13.6 Å². The fourth-order valence-electron chi connectivity index (χ4n) is 5.05.